The number of methoxy groups -OCH3 is 2. The van der Waals surface area contributed by atoms with Crippen molar-refractivity contribution >= 4 is 45.2 Å². The highest BCUT2D eigenvalue weighted by Gasteiger charge is 2.13. The van der Waals surface area contributed by atoms with Gasteiger partial charge in [-0.1, -0.05) is 0 Å². The third-order valence-corrected chi connectivity index (χ3v) is 4.18. The molecule has 0 aliphatic rings. The first kappa shape index (κ1) is 21.0. The number of benzene rings is 2. The van der Waals surface area contributed by atoms with E-state index in [0.717, 1.165) is 0 Å². The monoisotopic (exact) mass is 443 g/mol. The molecule has 0 aliphatic carbocycles. The van der Waals surface area contributed by atoms with Gasteiger partial charge in [0.25, 0.3) is 5.91 Å². The van der Waals surface area contributed by atoms with E-state index in [9.17, 15) is 14.9 Å². The van der Waals surface area contributed by atoms with E-state index in [1.54, 1.807) is 36.4 Å². The van der Waals surface area contributed by atoms with Crippen LogP contribution >= 0.6 is 15.9 Å². The second-order valence-corrected chi connectivity index (χ2v) is 6.48. The molecule has 0 saturated carbocycles. The summed E-state index contributed by atoms with van der Waals surface area (Å²) < 4.78 is 11.2. The van der Waals surface area contributed by atoms with E-state index in [-0.39, 0.29) is 11.5 Å². The number of hydrogen-bond acceptors (Lipinski definition) is 5. The number of nitrogens with one attached hydrogen (secondary N) is 2. The number of carbonyl (C=O) groups excluding carboxylic acids is 2. The first-order chi connectivity index (χ1) is 13.4. The Balaban J connectivity index is 2.23. The van der Waals surface area contributed by atoms with Gasteiger partial charge in [-0.25, -0.2) is 0 Å². The number of carbonyl (C=O) groups is 2. The minimum Gasteiger partial charge on any atom is -0.493 e. The van der Waals surface area contributed by atoms with E-state index in [2.05, 4.69) is 26.6 Å². The van der Waals surface area contributed by atoms with Crippen molar-refractivity contribution in [2.75, 3.05) is 24.9 Å². The maximum Gasteiger partial charge on any atom is 0.266 e. The highest BCUT2D eigenvalue weighted by molar-refractivity contribution is 9.10. The fraction of sp³-hybridized carbons (Fsp3) is 0.150. The van der Waals surface area contributed by atoms with E-state index in [1.165, 1.54) is 27.2 Å². The van der Waals surface area contributed by atoms with Crippen molar-refractivity contribution in [2.45, 2.75) is 6.92 Å². The van der Waals surface area contributed by atoms with E-state index in [0.29, 0.717) is 32.9 Å². The second kappa shape index (κ2) is 9.58. The average Bonchev–Trinajstić information content (AvgIpc) is 2.66. The summed E-state index contributed by atoms with van der Waals surface area (Å²) in [4.78, 5) is 23.5. The fourth-order valence-electron chi connectivity index (χ4n) is 2.38. The molecule has 0 radical (unpaired) electrons. The fourth-order valence-corrected chi connectivity index (χ4v) is 3.00. The predicted molar refractivity (Wildman–Crippen MR) is 110 cm³/mol. The van der Waals surface area contributed by atoms with Crippen LogP contribution in [0.5, 0.6) is 11.5 Å². The zero-order valence-electron chi connectivity index (χ0n) is 15.5. The number of hydrogen-bond donors (Lipinski definition) is 2. The average molecular weight is 444 g/mol. The van der Waals surface area contributed by atoms with Crippen molar-refractivity contribution in [3.8, 4) is 17.6 Å². The summed E-state index contributed by atoms with van der Waals surface area (Å²) >= 11 is 3.38. The molecule has 0 aliphatic heterocycles. The van der Waals surface area contributed by atoms with Gasteiger partial charge in [0.05, 0.1) is 18.7 Å². The molecule has 2 rings (SSSR count). The smallest absolute Gasteiger partial charge is 0.266 e. The number of rotatable bonds is 6. The number of ether oxygens (including phenoxy) is 2. The minimum absolute atomic E-state index is 0.0787. The van der Waals surface area contributed by atoms with Gasteiger partial charge in [0.15, 0.2) is 11.5 Å². The largest absolute Gasteiger partial charge is 0.493 e. The van der Waals surface area contributed by atoms with E-state index < -0.39 is 5.91 Å². The summed E-state index contributed by atoms with van der Waals surface area (Å²) in [6.45, 7) is 1.41. The molecule has 0 unspecified atom stereocenters. The Labute approximate surface area is 171 Å². The van der Waals surface area contributed by atoms with Crippen LogP contribution in [0.25, 0.3) is 6.08 Å². The van der Waals surface area contributed by atoms with E-state index in [1.807, 2.05) is 6.07 Å². The van der Waals surface area contributed by atoms with Gasteiger partial charge in [0.2, 0.25) is 5.91 Å². The lowest BCUT2D eigenvalue weighted by Gasteiger charge is -2.11. The van der Waals surface area contributed by atoms with Gasteiger partial charge in [-0.3, -0.25) is 9.59 Å². The molecule has 2 N–H and O–H groups in total. The molecule has 0 bridgehead atoms. The molecular weight excluding hydrogens is 426 g/mol. The highest BCUT2D eigenvalue weighted by atomic mass is 79.9. The van der Waals surface area contributed by atoms with Gasteiger partial charge < -0.3 is 20.1 Å². The Bertz CT molecular complexity index is 963. The summed E-state index contributed by atoms with van der Waals surface area (Å²) in [6, 6.07) is 11.8. The van der Waals surface area contributed by atoms with E-state index >= 15 is 0 Å². The SMILES string of the molecule is COc1cc(/C=C(/C#N)C(=O)Nc2ccc(NC(C)=O)cc2)cc(Br)c1OC. The molecule has 2 aromatic rings. The van der Waals surface area contributed by atoms with Crippen LogP contribution in [-0.2, 0) is 9.59 Å². The van der Waals surface area contributed by atoms with Crippen molar-refractivity contribution < 1.29 is 19.1 Å². The third kappa shape index (κ3) is 5.34. The lowest BCUT2D eigenvalue weighted by molar-refractivity contribution is -0.114. The number of halogens is 1. The van der Waals surface area contributed by atoms with Crippen LogP contribution < -0.4 is 20.1 Å². The van der Waals surface area contributed by atoms with Crippen LogP contribution in [-0.4, -0.2) is 26.0 Å². The molecular formula is C20H18BrN3O4. The summed E-state index contributed by atoms with van der Waals surface area (Å²) in [6.07, 6.45) is 1.45. The summed E-state index contributed by atoms with van der Waals surface area (Å²) in [5, 5.41) is 14.7. The number of nitrogens with zero attached hydrogens (tertiary/aromatic N) is 1. The number of nitriles is 1. The quantitative estimate of drug-likeness (QED) is 0.519. The standard InChI is InChI=1S/C20H18BrN3O4/c1-12(25)23-15-4-6-16(7-5-15)24-20(26)14(11-22)8-13-9-17(21)19(28-3)18(10-13)27-2/h4-10H,1-3H3,(H,23,25)(H,24,26)/b14-8-. The molecule has 0 atom stereocenters. The molecule has 7 nitrogen and oxygen atoms in total. The highest BCUT2D eigenvalue weighted by Crippen LogP contribution is 2.36. The first-order valence-electron chi connectivity index (χ1n) is 8.10. The maximum atomic E-state index is 12.4. The Morgan fingerprint density at radius 2 is 1.68 bits per heavy atom. The normalized spacial score (nSPS) is 10.6. The van der Waals surface area contributed by atoms with Crippen LogP contribution in [0.3, 0.4) is 0 Å². The van der Waals surface area contributed by atoms with Crippen molar-refractivity contribution in [2.24, 2.45) is 0 Å². The van der Waals surface area contributed by atoms with Crippen LogP contribution in [0, 0.1) is 11.3 Å². The van der Waals surface area contributed by atoms with Gasteiger partial charge in [0, 0.05) is 18.3 Å². The molecule has 0 spiro atoms. The molecule has 0 fully saturated rings. The molecule has 144 valence electrons. The zero-order valence-corrected chi connectivity index (χ0v) is 17.1. The molecule has 0 heterocycles. The third-order valence-electron chi connectivity index (χ3n) is 3.60. The van der Waals surface area contributed by atoms with Crippen molar-refractivity contribution in [3.63, 3.8) is 0 Å². The summed E-state index contributed by atoms with van der Waals surface area (Å²) in [5.74, 6) is 0.240. The number of amides is 2. The number of anilines is 2. The van der Waals surface area contributed by atoms with Gasteiger partial charge in [0.1, 0.15) is 11.6 Å². The first-order valence-corrected chi connectivity index (χ1v) is 8.89. The van der Waals surface area contributed by atoms with Gasteiger partial charge in [-0.15, -0.1) is 0 Å². The Kier molecular flexibility index (Phi) is 7.18. The van der Waals surface area contributed by atoms with Crippen molar-refractivity contribution in [3.05, 3.63) is 52.0 Å². The second-order valence-electron chi connectivity index (χ2n) is 5.62. The Hall–Kier alpha value is -3.31. The predicted octanol–water partition coefficient (Wildman–Crippen LogP) is 3.97. The van der Waals surface area contributed by atoms with Gasteiger partial charge in [-0.05, 0) is 64.0 Å². The molecule has 2 aromatic carbocycles. The Morgan fingerprint density at radius 1 is 1.07 bits per heavy atom. The lowest BCUT2D eigenvalue weighted by atomic mass is 10.1. The van der Waals surface area contributed by atoms with Crippen LogP contribution in [0.4, 0.5) is 11.4 Å². The minimum atomic E-state index is -0.555. The summed E-state index contributed by atoms with van der Waals surface area (Å²) in [7, 11) is 3.02. The van der Waals surface area contributed by atoms with Crippen LogP contribution in [0.2, 0.25) is 0 Å². The van der Waals surface area contributed by atoms with Gasteiger partial charge >= 0.3 is 0 Å². The topological polar surface area (TPSA) is 100 Å². The molecule has 2 amide bonds. The molecule has 28 heavy (non-hydrogen) atoms. The van der Waals surface area contributed by atoms with Crippen molar-refractivity contribution in [1.82, 2.24) is 0 Å². The molecule has 0 saturated heterocycles. The van der Waals surface area contributed by atoms with Crippen LogP contribution in [0.15, 0.2) is 46.4 Å². The van der Waals surface area contributed by atoms with Crippen LogP contribution in [0.1, 0.15) is 12.5 Å². The Morgan fingerprint density at radius 3 is 2.18 bits per heavy atom. The van der Waals surface area contributed by atoms with E-state index in [4.69, 9.17) is 9.47 Å². The molecule has 8 heteroatoms. The molecule has 0 aromatic heterocycles. The van der Waals surface area contributed by atoms with Crippen molar-refractivity contribution in [1.29, 1.82) is 5.26 Å². The lowest BCUT2D eigenvalue weighted by Crippen LogP contribution is -2.13. The zero-order chi connectivity index (χ0) is 20.7. The maximum absolute atomic E-state index is 12.4. The van der Waals surface area contributed by atoms with Gasteiger partial charge in [-0.2, -0.15) is 5.26 Å². The summed E-state index contributed by atoms with van der Waals surface area (Å²) in [5.41, 5.74) is 1.62.